The summed E-state index contributed by atoms with van der Waals surface area (Å²) in [6.45, 7) is 4.14. The lowest BCUT2D eigenvalue weighted by atomic mass is 10.2. The summed E-state index contributed by atoms with van der Waals surface area (Å²) >= 11 is 0. The molecule has 0 aliphatic heterocycles. The van der Waals surface area contributed by atoms with Crippen LogP contribution in [0, 0.1) is 0 Å². The molecule has 0 spiro atoms. The zero-order valence-electron chi connectivity index (χ0n) is 9.30. The van der Waals surface area contributed by atoms with E-state index >= 15 is 0 Å². The number of rotatable bonds is 5. The van der Waals surface area contributed by atoms with Gasteiger partial charge in [0.15, 0.2) is 0 Å². The van der Waals surface area contributed by atoms with Gasteiger partial charge >= 0.3 is 0 Å². The smallest absolute Gasteiger partial charge is 0.212 e. The van der Waals surface area contributed by atoms with Crippen molar-refractivity contribution in [2.45, 2.75) is 26.1 Å². The van der Waals surface area contributed by atoms with Gasteiger partial charge in [0, 0.05) is 17.8 Å². The molecule has 1 N–H and O–H groups in total. The van der Waals surface area contributed by atoms with E-state index in [9.17, 15) is 5.11 Å². The van der Waals surface area contributed by atoms with Crippen molar-refractivity contribution < 1.29 is 14.6 Å². The molecule has 1 atom stereocenters. The van der Waals surface area contributed by atoms with Crippen LogP contribution in [0.3, 0.4) is 0 Å². The van der Waals surface area contributed by atoms with Crippen molar-refractivity contribution in [1.82, 2.24) is 4.98 Å². The van der Waals surface area contributed by atoms with E-state index < -0.39 is 6.10 Å². The highest BCUT2D eigenvalue weighted by molar-refractivity contribution is 5.19. The van der Waals surface area contributed by atoms with Crippen LogP contribution in [0.15, 0.2) is 18.3 Å². The van der Waals surface area contributed by atoms with Crippen molar-refractivity contribution in [1.29, 1.82) is 0 Å². The number of aliphatic hydroxyl groups is 1. The minimum Gasteiger partial charge on any atom is -0.481 e. The van der Waals surface area contributed by atoms with E-state index in [0.717, 1.165) is 5.56 Å². The quantitative estimate of drug-likeness (QED) is 0.802. The average molecular weight is 211 g/mol. The van der Waals surface area contributed by atoms with E-state index in [1.165, 1.54) is 0 Å². The number of aromatic nitrogens is 1. The second-order valence-corrected chi connectivity index (χ2v) is 3.53. The van der Waals surface area contributed by atoms with Crippen LogP contribution >= 0.6 is 0 Å². The molecule has 0 aliphatic rings. The van der Waals surface area contributed by atoms with Crippen LogP contribution in [0.4, 0.5) is 0 Å². The molecule has 0 saturated heterocycles. The molecule has 0 amide bonds. The molecule has 0 saturated carbocycles. The minimum absolute atomic E-state index is 0.117. The Hall–Kier alpha value is -1.13. The third-order valence-corrected chi connectivity index (χ3v) is 1.94. The lowest BCUT2D eigenvalue weighted by Crippen LogP contribution is -2.12. The number of nitrogens with zero attached hydrogens (tertiary/aromatic N) is 1. The Morgan fingerprint density at radius 2 is 2.13 bits per heavy atom. The third kappa shape index (κ3) is 3.85. The van der Waals surface area contributed by atoms with E-state index in [4.69, 9.17) is 9.47 Å². The van der Waals surface area contributed by atoms with Crippen molar-refractivity contribution >= 4 is 0 Å². The fraction of sp³-hybridized carbons (Fsp3) is 0.545. The first-order valence-corrected chi connectivity index (χ1v) is 4.93. The lowest BCUT2D eigenvalue weighted by molar-refractivity contribution is 0.00477. The Morgan fingerprint density at radius 1 is 1.40 bits per heavy atom. The van der Waals surface area contributed by atoms with Gasteiger partial charge in [0.1, 0.15) is 6.10 Å². The van der Waals surface area contributed by atoms with Gasteiger partial charge in [-0.3, -0.25) is 0 Å². The normalized spacial score (nSPS) is 12.9. The fourth-order valence-electron chi connectivity index (χ4n) is 1.09. The predicted octanol–water partition coefficient (Wildman–Crippen LogP) is 1.55. The standard InChI is InChI=1S/C11H17NO3/c1-8(2)15-7-10(13)9-4-5-11(14-3)12-6-9/h4-6,8,10,13H,7H2,1-3H3. The summed E-state index contributed by atoms with van der Waals surface area (Å²) in [4.78, 5) is 4.01. The van der Waals surface area contributed by atoms with Crippen LogP contribution in [0.1, 0.15) is 25.5 Å². The number of methoxy groups -OCH3 is 1. The summed E-state index contributed by atoms with van der Waals surface area (Å²) in [6, 6.07) is 3.49. The van der Waals surface area contributed by atoms with Gasteiger partial charge in [0.2, 0.25) is 5.88 Å². The first-order valence-electron chi connectivity index (χ1n) is 4.93. The van der Waals surface area contributed by atoms with E-state index in [0.29, 0.717) is 5.88 Å². The maximum absolute atomic E-state index is 9.73. The van der Waals surface area contributed by atoms with Crippen LogP contribution < -0.4 is 4.74 Å². The molecule has 1 aromatic heterocycles. The molecule has 1 heterocycles. The maximum Gasteiger partial charge on any atom is 0.212 e. The molecule has 84 valence electrons. The van der Waals surface area contributed by atoms with Crippen LogP contribution in [0.5, 0.6) is 5.88 Å². The van der Waals surface area contributed by atoms with Gasteiger partial charge in [-0.25, -0.2) is 4.98 Å². The highest BCUT2D eigenvalue weighted by atomic mass is 16.5. The van der Waals surface area contributed by atoms with Gasteiger partial charge in [-0.05, 0) is 19.9 Å². The molecule has 15 heavy (non-hydrogen) atoms. The highest BCUT2D eigenvalue weighted by Gasteiger charge is 2.09. The Kier molecular flexibility index (Phi) is 4.52. The Morgan fingerprint density at radius 3 is 2.60 bits per heavy atom. The molecule has 1 unspecified atom stereocenters. The molecule has 0 fully saturated rings. The SMILES string of the molecule is COc1ccc(C(O)COC(C)C)cn1. The van der Waals surface area contributed by atoms with E-state index in [1.54, 1.807) is 25.4 Å². The van der Waals surface area contributed by atoms with E-state index in [-0.39, 0.29) is 12.7 Å². The molecular weight excluding hydrogens is 194 g/mol. The Balaban J connectivity index is 2.54. The summed E-state index contributed by atoms with van der Waals surface area (Å²) in [6.07, 6.45) is 1.07. The van der Waals surface area contributed by atoms with Gasteiger partial charge < -0.3 is 14.6 Å². The molecule has 1 aromatic rings. The Bertz CT molecular complexity index is 284. The number of aliphatic hydroxyl groups excluding tert-OH is 1. The summed E-state index contributed by atoms with van der Waals surface area (Å²) in [5, 5.41) is 9.73. The monoisotopic (exact) mass is 211 g/mol. The van der Waals surface area contributed by atoms with Crippen molar-refractivity contribution in [3.8, 4) is 5.88 Å². The van der Waals surface area contributed by atoms with Gasteiger partial charge in [0.25, 0.3) is 0 Å². The molecule has 1 rings (SSSR count). The fourth-order valence-corrected chi connectivity index (χ4v) is 1.09. The maximum atomic E-state index is 9.73. The second kappa shape index (κ2) is 5.68. The van der Waals surface area contributed by atoms with Crippen LogP contribution in [0.2, 0.25) is 0 Å². The second-order valence-electron chi connectivity index (χ2n) is 3.53. The van der Waals surface area contributed by atoms with Crippen LogP contribution in [-0.2, 0) is 4.74 Å². The molecule has 4 heteroatoms. The van der Waals surface area contributed by atoms with Crippen molar-refractivity contribution in [2.75, 3.05) is 13.7 Å². The molecular formula is C11H17NO3. The molecule has 4 nitrogen and oxygen atoms in total. The van der Waals surface area contributed by atoms with Crippen molar-refractivity contribution in [3.05, 3.63) is 23.9 Å². The van der Waals surface area contributed by atoms with Gasteiger partial charge in [-0.2, -0.15) is 0 Å². The summed E-state index contributed by atoms with van der Waals surface area (Å²) in [5.41, 5.74) is 0.733. The third-order valence-electron chi connectivity index (χ3n) is 1.94. The first kappa shape index (κ1) is 11.9. The lowest BCUT2D eigenvalue weighted by Gasteiger charge is -2.13. The largest absolute Gasteiger partial charge is 0.481 e. The van der Waals surface area contributed by atoms with Crippen molar-refractivity contribution in [3.63, 3.8) is 0 Å². The number of hydrogen-bond acceptors (Lipinski definition) is 4. The zero-order chi connectivity index (χ0) is 11.3. The molecule has 0 aromatic carbocycles. The molecule has 0 bridgehead atoms. The highest BCUT2D eigenvalue weighted by Crippen LogP contribution is 2.15. The number of ether oxygens (including phenoxy) is 2. The van der Waals surface area contributed by atoms with Crippen molar-refractivity contribution in [2.24, 2.45) is 0 Å². The van der Waals surface area contributed by atoms with Gasteiger partial charge in [-0.15, -0.1) is 0 Å². The molecule has 0 radical (unpaired) electrons. The molecule has 0 aliphatic carbocycles. The number of pyridine rings is 1. The van der Waals surface area contributed by atoms with E-state index in [1.807, 2.05) is 13.8 Å². The van der Waals surface area contributed by atoms with E-state index in [2.05, 4.69) is 4.98 Å². The summed E-state index contributed by atoms with van der Waals surface area (Å²) in [5.74, 6) is 0.538. The summed E-state index contributed by atoms with van der Waals surface area (Å²) in [7, 11) is 1.56. The predicted molar refractivity (Wildman–Crippen MR) is 56.8 cm³/mol. The van der Waals surface area contributed by atoms with Crippen LogP contribution in [0.25, 0.3) is 0 Å². The first-order chi connectivity index (χ1) is 7.13. The zero-order valence-corrected chi connectivity index (χ0v) is 9.30. The van der Waals surface area contributed by atoms with Gasteiger partial charge in [-0.1, -0.05) is 0 Å². The average Bonchev–Trinajstić information content (AvgIpc) is 2.26. The topological polar surface area (TPSA) is 51.6 Å². The van der Waals surface area contributed by atoms with Crippen LogP contribution in [-0.4, -0.2) is 29.9 Å². The Labute approximate surface area is 89.9 Å². The number of hydrogen-bond donors (Lipinski definition) is 1. The minimum atomic E-state index is -0.634. The van der Waals surface area contributed by atoms with Gasteiger partial charge in [0.05, 0.1) is 19.8 Å². The summed E-state index contributed by atoms with van der Waals surface area (Å²) < 4.78 is 10.2.